The second-order valence-electron chi connectivity index (χ2n) is 6.65. The molecule has 0 amide bonds. The zero-order valence-electron chi connectivity index (χ0n) is 15.1. The Bertz CT molecular complexity index is 649. The van der Waals surface area contributed by atoms with Crippen LogP contribution in [-0.2, 0) is 16.4 Å². The number of aliphatic imine (C=N–C) groups is 1. The van der Waals surface area contributed by atoms with E-state index in [4.69, 9.17) is 11.6 Å². The van der Waals surface area contributed by atoms with E-state index in [9.17, 15) is 8.42 Å². The lowest BCUT2D eigenvalue weighted by molar-refractivity contribution is 0.477. The van der Waals surface area contributed by atoms with Crippen LogP contribution in [0.4, 0.5) is 0 Å². The highest BCUT2D eigenvalue weighted by Crippen LogP contribution is 2.15. The van der Waals surface area contributed by atoms with Crippen LogP contribution in [0.2, 0.25) is 5.02 Å². The molecule has 0 aliphatic heterocycles. The molecule has 24 heavy (non-hydrogen) atoms. The number of nitrogens with zero attached hydrogens (tertiary/aromatic N) is 2. The molecule has 1 N–H and O–H groups in total. The molecule has 1 rings (SSSR count). The first-order valence-electron chi connectivity index (χ1n) is 8.03. The van der Waals surface area contributed by atoms with Gasteiger partial charge in [0.15, 0.2) is 15.8 Å². The van der Waals surface area contributed by atoms with Gasteiger partial charge in [0.05, 0.1) is 17.0 Å². The molecule has 0 heterocycles. The molecular formula is C17H28ClN3O2S. The summed E-state index contributed by atoms with van der Waals surface area (Å²) in [6.07, 6.45) is 0. The Kier molecular flexibility index (Phi) is 7.55. The fraction of sp³-hybridized carbons (Fsp3) is 0.588. The van der Waals surface area contributed by atoms with Gasteiger partial charge in [0.2, 0.25) is 0 Å². The van der Waals surface area contributed by atoms with Gasteiger partial charge < -0.3 is 10.2 Å². The van der Waals surface area contributed by atoms with Crippen molar-refractivity contribution in [2.24, 2.45) is 4.99 Å². The third-order valence-corrected chi connectivity index (χ3v) is 6.42. The largest absolute Gasteiger partial charge is 0.357 e. The summed E-state index contributed by atoms with van der Waals surface area (Å²) in [4.78, 5) is 6.42. The Morgan fingerprint density at radius 3 is 2.33 bits per heavy atom. The molecule has 0 unspecified atom stereocenters. The van der Waals surface area contributed by atoms with E-state index in [1.807, 2.05) is 43.1 Å². The van der Waals surface area contributed by atoms with Crippen LogP contribution in [0.5, 0.6) is 0 Å². The first-order chi connectivity index (χ1) is 11.1. The molecule has 0 fully saturated rings. The number of sulfone groups is 1. The summed E-state index contributed by atoms with van der Waals surface area (Å²) in [5, 5.41) is 3.90. The first kappa shape index (κ1) is 20.8. The van der Waals surface area contributed by atoms with E-state index in [1.165, 1.54) is 0 Å². The molecule has 1 aromatic carbocycles. The summed E-state index contributed by atoms with van der Waals surface area (Å²) in [6.45, 7) is 8.74. The molecule has 0 saturated carbocycles. The van der Waals surface area contributed by atoms with Crippen LogP contribution in [0.15, 0.2) is 29.3 Å². The third-order valence-electron chi connectivity index (χ3n) is 3.58. The van der Waals surface area contributed by atoms with Gasteiger partial charge in [-0.2, -0.15) is 0 Å². The van der Waals surface area contributed by atoms with Gasteiger partial charge in [0.25, 0.3) is 0 Å². The van der Waals surface area contributed by atoms with Crippen LogP contribution in [-0.4, -0.2) is 49.9 Å². The second kappa shape index (κ2) is 8.72. The molecule has 0 spiro atoms. The van der Waals surface area contributed by atoms with E-state index < -0.39 is 14.6 Å². The standard InChI is InChI=1S/C17H28ClN3O2S/c1-6-19-16(20-11-12-24(22,23)17(2,3)4)21(5)13-14-7-9-15(18)10-8-14/h7-10H,6,11-13H2,1-5H3,(H,19,20). The Hall–Kier alpha value is -1.27. The van der Waals surface area contributed by atoms with Crippen molar-refractivity contribution in [1.82, 2.24) is 10.2 Å². The lowest BCUT2D eigenvalue weighted by Gasteiger charge is -2.23. The van der Waals surface area contributed by atoms with Gasteiger partial charge in [-0.05, 0) is 45.4 Å². The Morgan fingerprint density at radius 1 is 1.25 bits per heavy atom. The molecule has 7 heteroatoms. The maximum absolute atomic E-state index is 12.2. The summed E-state index contributed by atoms with van der Waals surface area (Å²) in [6, 6.07) is 7.63. The van der Waals surface area contributed by atoms with Crippen LogP contribution >= 0.6 is 11.6 Å². The highest BCUT2D eigenvalue weighted by molar-refractivity contribution is 7.92. The van der Waals surface area contributed by atoms with Crippen molar-refractivity contribution in [2.75, 3.05) is 25.9 Å². The molecule has 5 nitrogen and oxygen atoms in total. The van der Waals surface area contributed by atoms with E-state index in [-0.39, 0.29) is 12.3 Å². The van der Waals surface area contributed by atoms with Crippen LogP contribution in [0.3, 0.4) is 0 Å². The molecule has 0 aliphatic rings. The summed E-state index contributed by atoms with van der Waals surface area (Å²) < 4.78 is 23.6. The Balaban J connectivity index is 2.76. The average Bonchev–Trinajstić information content (AvgIpc) is 2.47. The predicted molar refractivity (Wildman–Crippen MR) is 102 cm³/mol. The number of halogens is 1. The highest BCUT2D eigenvalue weighted by atomic mass is 35.5. The summed E-state index contributed by atoms with van der Waals surface area (Å²) >= 11 is 5.90. The highest BCUT2D eigenvalue weighted by Gasteiger charge is 2.28. The Labute approximate surface area is 151 Å². The molecule has 0 radical (unpaired) electrons. The van der Waals surface area contributed by atoms with Crippen LogP contribution in [0.1, 0.15) is 33.3 Å². The molecule has 0 aromatic heterocycles. The predicted octanol–water partition coefficient (Wildman–Crippen LogP) is 2.95. The normalized spacial score (nSPS) is 13.0. The number of rotatable bonds is 6. The van der Waals surface area contributed by atoms with E-state index in [0.29, 0.717) is 17.5 Å². The average molecular weight is 374 g/mol. The second-order valence-corrected chi connectivity index (χ2v) is 9.95. The van der Waals surface area contributed by atoms with Gasteiger partial charge in [0, 0.05) is 25.2 Å². The number of guanidine groups is 1. The molecule has 0 saturated heterocycles. The number of benzene rings is 1. The van der Waals surface area contributed by atoms with E-state index in [0.717, 1.165) is 12.1 Å². The van der Waals surface area contributed by atoms with Crippen molar-refractivity contribution in [2.45, 2.75) is 39.0 Å². The minimum absolute atomic E-state index is 0.0418. The molecule has 0 bridgehead atoms. The fourth-order valence-corrected chi connectivity index (χ4v) is 3.06. The topological polar surface area (TPSA) is 61.8 Å². The van der Waals surface area contributed by atoms with Crippen LogP contribution in [0.25, 0.3) is 0 Å². The van der Waals surface area contributed by atoms with Crippen LogP contribution < -0.4 is 5.32 Å². The number of hydrogen-bond acceptors (Lipinski definition) is 3. The summed E-state index contributed by atoms with van der Waals surface area (Å²) in [5.74, 6) is 0.733. The summed E-state index contributed by atoms with van der Waals surface area (Å²) in [5.41, 5.74) is 1.11. The van der Waals surface area contributed by atoms with Crippen molar-refractivity contribution in [3.63, 3.8) is 0 Å². The molecule has 0 atom stereocenters. The maximum atomic E-state index is 12.2. The zero-order valence-corrected chi connectivity index (χ0v) is 16.7. The van der Waals surface area contributed by atoms with Gasteiger partial charge >= 0.3 is 0 Å². The molecule has 1 aromatic rings. The molecule has 136 valence electrons. The van der Waals surface area contributed by atoms with Gasteiger partial charge in [-0.25, -0.2) is 8.42 Å². The third kappa shape index (κ3) is 6.32. The monoisotopic (exact) mass is 373 g/mol. The number of hydrogen-bond donors (Lipinski definition) is 1. The van der Waals surface area contributed by atoms with Crippen molar-refractivity contribution in [1.29, 1.82) is 0 Å². The number of nitrogens with one attached hydrogen (secondary N) is 1. The lowest BCUT2D eigenvalue weighted by atomic mass is 10.2. The van der Waals surface area contributed by atoms with Crippen LogP contribution in [0, 0.1) is 0 Å². The first-order valence-corrected chi connectivity index (χ1v) is 10.1. The fourth-order valence-electron chi connectivity index (χ4n) is 1.99. The molecular weight excluding hydrogens is 346 g/mol. The van der Waals surface area contributed by atoms with E-state index >= 15 is 0 Å². The SMILES string of the molecule is CCNC(=NCCS(=O)(=O)C(C)(C)C)N(C)Cc1ccc(Cl)cc1. The quantitative estimate of drug-likeness (QED) is 0.615. The van der Waals surface area contributed by atoms with Gasteiger partial charge in [-0.3, -0.25) is 4.99 Å². The minimum atomic E-state index is -3.17. The molecule has 0 aliphatic carbocycles. The van der Waals surface area contributed by atoms with Gasteiger partial charge in [0.1, 0.15) is 0 Å². The lowest BCUT2D eigenvalue weighted by Crippen LogP contribution is -2.39. The Morgan fingerprint density at radius 2 is 1.83 bits per heavy atom. The van der Waals surface area contributed by atoms with E-state index in [1.54, 1.807) is 20.8 Å². The van der Waals surface area contributed by atoms with Crippen molar-refractivity contribution in [3.05, 3.63) is 34.9 Å². The van der Waals surface area contributed by atoms with Gasteiger partial charge in [-0.15, -0.1) is 0 Å². The smallest absolute Gasteiger partial charge is 0.193 e. The van der Waals surface area contributed by atoms with E-state index in [2.05, 4.69) is 10.3 Å². The maximum Gasteiger partial charge on any atom is 0.193 e. The van der Waals surface area contributed by atoms with Crippen molar-refractivity contribution >= 4 is 27.4 Å². The van der Waals surface area contributed by atoms with Crippen molar-refractivity contribution in [3.8, 4) is 0 Å². The summed E-state index contributed by atoms with van der Waals surface area (Å²) in [7, 11) is -1.24. The zero-order chi connectivity index (χ0) is 18.4. The van der Waals surface area contributed by atoms with Gasteiger partial charge in [-0.1, -0.05) is 23.7 Å². The minimum Gasteiger partial charge on any atom is -0.357 e. The van der Waals surface area contributed by atoms with Crippen molar-refractivity contribution < 1.29 is 8.42 Å².